The van der Waals surface area contributed by atoms with Crippen molar-refractivity contribution in [1.82, 2.24) is 5.43 Å². The lowest BCUT2D eigenvalue weighted by Crippen LogP contribution is -2.25. The molecule has 98 valence electrons. The molecule has 1 rings (SSSR count). The minimum atomic E-state index is -0.238. The highest BCUT2D eigenvalue weighted by atomic mass is 16.5. The predicted molar refractivity (Wildman–Crippen MR) is 72.8 cm³/mol. The summed E-state index contributed by atoms with van der Waals surface area (Å²) in [4.78, 5) is 11.5. The largest absolute Gasteiger partial charge is 0.483 e. The summed E-state index contributed by atoms with van der Waals surface area (Å²) in [6, 6.07) is 7.60. The Labute approximate surface area is 108 Å². The van der Waals surface area contributed by atoms with Gasteiger partial charge in [0.2, 0.25) is 0 Å². The second-order valence-electron chi connectivity index (χ2n) is 3.97. The van der Waals surface area contributed by atoms with Crippen molar-refractivity contribution in [3.63, 3.8) is 0 Å². The summed E-state index contributed by atoms with van der Waals surface area (Å²) in [5.41, 5.74) is 4.48. The Morgan fingerprint density at radius 1 is 1.28 bits per heavy atom. The zero-order chi connectivity index (χ0) is 13.4. The molecule has 0 aliphatic heterocycles. The van der Waals surface area contributed by atoms with E-state index in [4.69, 9.17) is 4.74 Å². The van der Waals surface area contributed by atoms with Gasteiger partial charge in [-0.3, -0.25) is 4.79 Å². The summed E-state index contributed by atoms with van der Waals surface area (Å²) in [6.07, 6.45) is 1.69. The fourth-order valence-electron chi connectivity index (χ4n) is 1.44. The standard InChI is InChI=1S/C14H20N2O2/c1-4-12(5-2)15-16-14(17)10-18-13-9-7-6-8-11(13)3/h6-9H,4-5,10H2,1-3H3,(H,16,17). The molecule has 1 N–H and O–H groups in total. The molecule has 0 bridgehead atoms. The molecule has 0 aliphatic rings. The van der Waals surface area contributed by atoms with Gasteiger partial charge in [0.25, 0.3) is 5.91 Å². The topological polar surface area (TPSA) is 50.7 Å². The molecule has 1 aromatic rings. The maximum atomic E-state index is 11.5. The molecule has 0 unspecified atom stereocenters. The van der Waals surface area contributed by atoms with E-state index < -0.39 is 0 Å². The first-order valence-corrected chi connectivity index (χ1v) is 6.20. The Morgan fingerprint density at radius 2 is 1.94 bits per heavy atom. The van der Waals surface area contributed by atoms with Crippen LogP contribution < -0.4 is 10.2 Å². The zero-order valence-corrected chi connectivity index (χ0v) is 11.2. The molecule has 1 aromatic carbocycles. The van der Waals surface area contributed by atoms with Crippen molar-refractivity contribution in [3.05, 3.63) is 29.8 Å². The number of carbonyl (C=O) groups excluding carboxylic acids is 1. The average molecular weight is 248 g/mol. The van der Waals surface area contributed by atoms with E-state index in [2.05, 4.69) is 10.5 Å². The second kappa shape index (κ2) is 7.48. The molecule has 1 amide bonds. The number of nitrogens with one attached hydrogen (secondary N) is 1. The van der Waals surface area contributed by atoms with E-state index in [9.17, 15) is 4.79 Å². The van der Waals surface area contributed by atoms with Crippen molar-refractivity contribution in [3.8, 4) is 5.75 Å². The normalized spacial score (nSPS) is 9.72. The van der Waals surface area contributed by atoms with Crippen molar-refractivity contribution < 1.29 is 9.53 Å². The fourth-order valence-corrected chi connectivity index (χ4v) is 1.44. The number of nitrogens with zero attached hydrogens (tertiary/aromatic N) is 1. The van der Waals surface area contributed by atoms with E-state index in [0.717, 1.165) is 29.9 Å². The van der Waals surface area contributed by atoms with Crippen molar-refractivity contribution >= 4 is 11.6 Å². The number of hydrogen-bond acceptors (Lipinski definition) is 3. The van der Waals surface area contributed by atoms with Gasteiger partial charge < -0.3 is 4.74 Å². The van der Waals surface area contributed by atoms with Crippen LogP contribution in [0.2, 0.25) is 0 Å². The molecule has 4 nitrogen and oxygen atoms in total. The SMILES string of the molecule is CCC(CC)=NNC(=O)COc1ccccc1C. The van der Waals surface area contributed by atoms with Gasteiger partial charge in [-0.2, -0.15) is 5.10 Å². The average Bonchev–Trinajstić information content (AvgIpc) is 2.39. The van der Waals surface area contributed by atoms with Gasteiger partial charge >= 0.3 is 0 Å². The van der Waals surface area contributed by atoms with Gasteiger partial charge in [0, 0.05) is 5.71 Å². The van der Waals surface area contributed by atoms with Crippen LogP contribution in [0.15, 0.2) is 29.4 Å². The smallest absolute Gasteiger partial charge is 0.277 e. The molecule has 0 saturated carbocycles. The molecule has 0 aromatic heterocycles. The third kappa shape index (κ3) is 4.57. The monoisotopic (exact) mass is 248 g/mol. The lowest BCUT2D eigenvalue weighted by molar-refractivity contribution is -0.123. The molecular weight excluding hydrogens is 228 g/mol. The maximum Gasteiger partial charge on any atom is 0.277 e. The highest BCUT2D eigenvalue weighted by Crippen LogP contribution is 2.15. The van der Waals surface area contributed by atoms with Crippen LogP contribution in [0.25, 0.3) is 0 Å². The highest BCUT2D eigenvalue weighted by Gasteiger charge is 2.03. The summed E-state index contributed by atoms with van der Waals surface area (Å²) in [5.74, 6) is 0.487. The van der Waals surface area contributed by atoms with Gasteiger partial charge in [-0.15, -0.1) is 0 Å². The number of hydrogen-bond donors (Lipinski definition) is 1. The van der Waals surface area contributed by atoms with Crippen LogP contribution in [0, 0.1) is 6.92 Å². The van der Waals surface area contributed by atoms with Crippen molar-refractivity contribution in [2.75, 3.05) is 6.61 Å². The first-order valence-electron chi connectivity index (χ1n) is 6.20. The minimum absolute atomic E-state index is 0.0188. The number of rotatable bonds is 6. The number of para-hydroxylation sites is 1. The van der Waals surface area contributed by atoms with Gasteiger partial charge in [0.05, 0.1) is 0 Å². The van der Waals surface area contributed by atoms with E-state index >= 15 is 0 Å². The highest BCUT2D eigenvalue weighted by molar-refractivity contribution is 5.86. The van der Waals surface area contributed by atoms with Gasteiger partial charge in [0.1, 0.15) is 5.75 Å². The van der Waals surface area contributed by atoms with Crippen LogP contribution in [0.1, 0.15) is 32.3 Å². The molecule has 0 spiro atoms. The molecule has 0 radical (unpaired) electrons. The predicted octanol–water partition coefficient (Wildman–Crippen LogP) is 2.67. The Bertz CT molecular complexity index is 422. The van der Waals surface area contributed by atoms with Crippen LogP contribution in [-0.4, -0.2) is 18.2 Å². The molecule has 0 fully saturated rings. The zero-order valence-electron chi connectivity index (χ0n) is 11.2. The maximum absolute atomic E-state index is 11.5. The molecule has 0 atom stereocenters. The lowest BCUT2D eigenvalue weighted by atomic mass is 10.2. The number of aryl methyl sites for hydroxylation is 1. The van der Waals surface area contributed by atoms with E-state index in [1.54, 1.807) is 0 Å². The van der Waals surface area contributed by atoms with E-state index in [-0.39, 0.29) is 12.5 Å². The van der Waals surface area contributed by atoms with Gasteiger partial charge in [-0.25, -0.2) is 5.43 Å². The van der Waals surface area contributed by atoms with Crippen LogP contribution in [0.3, 0.4) is 0 Å². The lowest BCUT2D eigenvalue weighted by Gasteiger charge is -2.08. The Hall–Kier alpha value is -1.84. The van der Waals surface area contributed by atoms with Gasteiger partial charge in [-0.1, -0.05) is 32.0 Å². The molecule has 0 aliphatic carbocycles. The van der Waals surface area contributed by atoms with Crippen molar-refractivity contribution in [2.45, 2.75) is 33.6 Å². The Morgan fingerprint density at radius 3 is 2.56 bits per heavy atom. The van der Waals surface area contributed by atoms with Gasteiger partial charge in [0.15, 0.2) is 6.61 Å². The quantitative estimate of drug-likeness (QED) is 0.621. The minimum Gasteiger partial charge on any atom is -0.483 e. The number of carbonyl (C=O) groups is 1. The number of amides is 1. The van der Waals surface area contributed by atoms with Crippen LogP contribution in [0.4, 0.5) is 0 Å². The first-order chi connectivity index (χ1) is 8.67. The van der Waals surface area contributed by atoms with Crippen LogP contribution in [-0.2, 0) is 4.79 Å². The molecule has 0 heterocycles. The van der Waals surface area contributed by atoms with Crippen LogP contribution in [0.5, 0.6) is 5.75 Å². The summed E-state index contributed by atoms with van der Waals surface area (Å²) in [7, 11) is 0. The van der Waals surface area contributed by atoms with Crippen molar-refractivity contribution in [1.29, 1.82) is 0 Å². The number of ether oxygens (including phenoxy) is 1. The first kappa shape index (κ1) is 14.2. The third-order valence-electron chi connectivity index (χ3n) is 2.61. The summed E-state index contributed by atoms with van der Waals surface area (Å²) in [5, 5.41) is 4.03. The van der Waals surface area contributed by atoms with Crippen molar-refractivity contribution in [2.24, 2.45) is 5.10 Å². The molecule has 4 heteroatoms. The van der Waals surface area contributed by atoms with E-state index in [1.807, 2.05) is 45.0 Å². The Kier molecular flexibility index (Phi) is 5.91. The van der Waals surface area contributed by atoms with Crippen LogP contribution >= 0.6 is 0 Å². The van der Waals surface area contributed by atoms with E-state index in [0.29, 0.717) is 0 Å². The fraction of sp³-hybridized carbons (Fsp3) is 0.429. The number of benzene rings is 1. The third-order valence-corrected chi connectivity index (χ3v) is 2.61. The Balaban J connectivity index is 2.43. The number of hydrazone groups is 1. The molecule has 0 saturated heterocycles. The molecule has 18 heavy (non-hydrogen) atoms. The van der Waals surface area contributed by atoms with Gasteiger partial charge in [-0.05, 0) is 31.4 Å². The summed E-state index contributed by atoms with van der Waals surface area (Å²) < 4.78 is 5.42. The van der Waals surface area contributed by atoms with E-state index in [1.165, 1.54) is 0 Å². The summed E-state index contributed by atoms with van der Waals surface area (Å²) >= 11 is 0. The molecular formula is C14H20N2O2. The second-order valence-corrected chi connectivity index (χ2v) is 3.97. The summed E-state index contributed by atoms with van der Waals surface area (Å²) in [6.45, 7) is 5.95.